The Labute approximate surface area is 84.0 Å². The topological polar surface area (TPSA) is 45.5 Å². The molecule has 0 N–H and O–H groups in total. The fourth-order valence-electron chi connectivity index (χ4n) is 0.932. The third kappa shape index (κ3) is 3.76. The van der Waals surface area contributed by atoms with Gasteiger partial charge >= 0.3 is 0 Å². The molecule has 1 aliphatic heterocycles. The molecule has 0 aromatic rings. The van der Waals surface area contributed by atoms with Gasteiger partial charge in [-0.3, -0.25) is 0 Å². The number of halogens is 1. The van der Waals surface area contributed by atoms with Crippen LogP contribution in [0.4, 0.5) is 0 Å². The Bertz CT molecular complexity index is 193. The van der Waals surface area contributed by atoms with Crippen LogP contribution in [0.25, 0.3) is 0 Å². The van der Waals surface area contributed by atoms with Crippen LogP contribution in [0.15, 0.2) is 0 Å². The first kappa shape index (κ1) is 11.2. The quantitative estimate of drug-likeness (QED) is 0.682. The number of nitriles is 1. The predicted octanol–water partition coefficient (Wildman–Crippen LogP) is 1.71. The monoisotopic (exact) mass is 222 g/mol. The number of hydrogen-bond donors (Lipinski definition) is 0. The second-order valence-electron chi connectivity index (χ2n) is 2.67. The summed E-state index contributed by atoms with van der Waals surface area (Å²) < 4.78 is 12.5. The average molecular weight is 223 g/mol. The molecule has 4 nitrogen and oxygen atoms in total. The summed E-state index contributed by atoms with van der Waals surface area (Å²) in [5.41, 5.74) is 0. The SMILES string of the molecule is CC(C#N)OP(Cl)N1CCOCC1. The number of nitrogens with zero attached hydrogens (tertiary/aromatic N) is 2. The molecule has 0 aromatic carbocycles. The summed E-state index contributed by atoms with van der Waals surface area (Å²) in [4.78, 5) is 0. The molecule has 2 unspecified atom stereocenters. The Morgan fingerprint density at radius 2 is 2.23 bits per heavy atom. The molecule has 2 atom stereocenters. The molecule has 0 spiro atoms. The second kappa shape index (κ2) is 5.74. The van der Waals surface area contributed by atoms with E-state index in [2.05, 4.69) is 0 Å². The molecular weight excluding hydrogens is 211 g/mol. The Kier molecular flexibility index (Phi) is 4.93. The summed E-state index contributed by atoms with van der Waals surface area (Å²) in [6.07, 6.45) is -0.438. The van der Waals surface area contributed by atoms with Gasteiger partial charge in [0.05, 0.1) is 19.3 Å². The fourth-order valence-corrected chi connectivity index (χ4v) is 2.66. The number of ether oxygens (including phenoxy) is 1. The Balaban J connectivity index is 2.29. The number of morpholine rings is 1. The zero-order chi connectivity index (χ0) is 9.68. The maximum absolute atomic E-state index is 8.52. The molecule has 1 saturated heterocycles. The Morgan fingerprint density at radius 1 is 1.62 bits per heavy atom. The highest BCUT2D eigenvalue weighted by atomic mass is 35.7. The zero-order valence-electron chi connectivity index (χ0n) is 7.44. The first-order valence-corrected chi connectivity index (χ1v) is 6.20. The van der Waals surface area contributed by atoms with Crippen LogP contribution in [-0.2, 0) is 9.26 Å². The van der Waals surface area contributed by atoms with Crippen molar-refractivity contribution in [2.45, 2.75) is 13.0 Å². The summed E-state index contributed by atoms with van der Waals surface area (Å²) in [6.45, 7) is 4.64. The van der Waals surface area contributed by atoms with Gasteiger partial charge in [0.2, 0.25) is 7.65 Å². The van der Waals surface area contributed by atoms with Crippen molar-refractivity contribution in [1.82, 2.24) is 4.67 Å². The van der Waals surface area contributed by atoms with E-state index in [1.807, 2.05) is 10.7 Å². The minimum Gasteiger partial charge on any atom is -0.379 e. The minimum absolute atomic E-state index is 0.438. The molecule has 6 heteroatoms. The van der Waals surface area contributed by atoms with Gasteiger partial charge < -0.3 is 9.26 Å². The standard InChI is InChI=1S/C7H12ClN2O2P/c1-7(6-9)12-13(8)10-2-4-11-5-3-10/h7H,2-5H2,1H3. The lowest BCUT2D eigenvalue weighted by Crippen LogP contribution is -2.32. The zero-order valence-corrected chi connectivity index (χ0v) is 9.09. The maximum Gasteiger partial charge on any atom is 0.208 e. The molecular formula is C7H12ClN2O2P. The van der Waals surface area contributed by atoms with E-state index in [1.165, 1.54) is 0 Å². The smallest absolute Gasteiger partial charge is 0.208 e. The van der Waals surface area contributed by atoms with E-state index >= 15 is 0 Å². The van der Waals surface area contributed by atoms with Gasteiger partial charge in [0.1, 0.15) is 6.10 Å². The van der Waals surface area contributed by atoms with E-state index in [4.69, 9.17) is 25.8 Å². The van der Waals surface area contributed by atoms with Crippen molar-refractivity contribution in [2.24, 2.45) is 0 Å². The van der Waals surface area contributed by atoms with Crippen LogP contribution in [-0.4, -0.2) is 37.1 Å². The maximum atomic E-state index is 8.52. The van der Waals surface area contributed by atoms with Gasteiger partial charge in [-0.05, 0) is 18.2 Å². The van der Waals surface area contributed by atoms with Crippen molar-refractivity contribution in [3.05, 3.63) is 0 Å². The van der Waals surface area contributed by atoms with E-state index in [9.17, 15) is 0 Å². The van der Waals surface area contributed by atoms with Crippen LogP contribution in [0, 0.1) is 11.3 Å². The average Bonchev–Trinajstić information content (AvgIpc) is 2.19. The highest BCUT2D eigenvalue weighted by Crippen LogP contribution is 2.47. The summed E-state index contributed by atoms with van der Waals surface area (Å²) in [7, 11) is -1.14. The van der Waals surface area contributed by atoms with Crippen LogP contribution >= 0.6 is 18.9 Å². The number of hydrogen-bond acceptors (Lipinski definition) is 4. The summed E-state index contributed by atoms with van der Waals surface area (Å²) in [6, 6.07) is 1.99. The van der Waals surface area contributed by atoms with E-state index in [1.54, 1.807) is 6.92 Å². The normalized spacial score (nSPS) is 23.5. The van der Waals surface area contributed by atoms with Crippen molar-refractivity contribution >= 4 is 18.9 Å². The molecule has 74 valence electrons. The Hall–Kier alpha value is 0.0900. The summed E-state index contributed by atoms with van der Waals surface area (Å²) >= 11 is 6.00. The van der Waals surface area contributed by atoms with Gasteiger partial charge in [-0.25, -0.2) is 4.67 Å². The Morgan fingerprint density at radius 3 is 2.77 bits per heavy atom. The van der Waals surface area contributed by atoms with Crippen LogP contribution < -0.4 is 0 Å². The van der Waals surface area contributed by atoms with Crippen molar-refractivity contribution < 1.29 is 9.26 Å². The first-order valence-electron chi connectivity index (χ1n) is 4.09. The largest absolute Gasteiger partial charge is 0.379 e. The van der Waals surface area contributed by atoms with Gasteiger partial charge in [0, 0.05) is 13.1 Å². The van der Waals surface area contributed by atoms with Gasteiger partial charge in [-0.1, -0.05) is 0 Å². The third-order valence-corrected chi connectivity index (χ3v) is 3.85. The molecule has 0 radical (unpaired) electrons. The van der Waals surface area contributed by atoms with E-state index in [-0.39, 0.29) is 0 Å². The fraction of sp³-hybridized carbons (Fsp3) is 0.857. The summed E-state index contributed by atoms with van der Waals surface area (Å²) in [5, 5.41) is 8.52. The van der Waals surface area contributed by atoms with Gasteiger partial charge in [-0.2, -0.15) is 5.26 Å². The lowest BCUT2D eigenvalue weighted by Gasteiger charge is -2.29. The first-order chi connectivity index (χ1) is 6.24. The van der Waals surface area contributed by atoms with Crippen molar-refractivity contribution in [3.8, 4) is 6.07 Å². The molecule has 1 heterocycles. The van der Waals surface area contributed by atoms with Crippen LogP contribution in [0.2, 0.25) is 0 Å². The highest BCUT2D eigenvalue weighted by Gasteiger charge is 2.21. The molecule has 0 amide bonds. The van der Waals surface area contributed by atoms with Gasteiger partial charge in [-0.15, -0.1) is 0 Å². The highest BCUT2D eigenvalue weighted by molar-refractivity contribution is 7.78. The predicted molar refractivity (Wildman–Crippen MR) is 51.3 cm³/mol. The lowest BCUT2D eigenvalue weighted by molar-refractivity contribution is 0.0701. The molecule has 0 bridgehead atoms. The molecule has 1 fully saturated rings. The van der Waals surface area contributed by atoms with Gasteiger partial charge in [0.15, 0.2) is 0 Å². The van der Waals surface area contributed by atoms with Crippen molar-refractivity contribution in [3.63, 3.8) is 0 Å². The van der Waals surface area contributed by atoms with Crippen LogP contribution in [0.3, 0.4) is 0 Å². The van der Waals surface area contributed by atoms with E-state index < -0.39 is 13.8 Å². The lowest BCUT2D eigenvalue weighted by atomic mass is 10.5. The van der Waals surface area contributed by atoms with Crippen molar-refractivity contribution in [1.29, 1.82) is 5.26 Å². The minimum atomic E-state index is -1.14. The van der Waals surface area contributed by atoms with E-state index in [0.717, 1.165) is 13.1 Å². The summed E-state index contributed by atoms with van der Waals surface area (Å²) in [5.74, 6) is 0. The molecule has 0 aliphatic carbocycles. The molecule has 0 aromatic heterocycles. The molecule has 1 aliphatic rings. The van der Waals surface area contributed by atoms with Gasteiger partial charge in [0.25, 0.3) is 0 Å². The van der Waals surface area contributed by atoms with Crippen molar-refractivity contribution in [2.75, 3.05) is 26.3 Å². The third-order valence-electron chi connectivity index (χ3n) is 1.64. The van der Waals surface area contributed by atoms with Crippen LogP contribution in [0.1, 0.15) is 6.92 Å². The molecule has 0 saturated carbocycles. The van der Waals surface area contributed by atoms with E-state index in [0.29, 0.717) is 13.2 Å². The van der Waals surface area contributed by atoms with Crippen LogP contribution in [0.5, 0.6) is 0 Å². The molecule has 1 rings (SSSR count). The molecule has 13 heavy (non-hydrogen) atoms. The number of rotatable bonds is 3. The second-order valence-corrected chi connectivity index (χ2v) is 4.77.